The molecule has 0 aromatic carbocycles. The van der Waals surface area contributed by atoms with Crippen LogP contribution in [-0.2, 0) is 0 Å². The largest absolute Gasteiger partial charge is 0.0862 e. The molecule has 0 aromatic rings. The summed E-state index contributed by atoms with van der Waals surface area (Å²) in [4.78, 5) is 0. The predicted octanol–water partition coefficient (Wildman–Crippen LogP) is 4.42. The van der Waals surface area contributed by atoms with Gasteiger partial charge in [-0.15, -0.1) is 0 Å². The second-order valence-corrected chi connectivity index (χ2v) is 1.69. The Balaban J connectivity index is -0.000000105. The van der Waals surface area contributed by atoms with Crippen LogP contribution in [0, 0.1) is 0 Å². The highest BCUT2D eigenvalue weighted by Crippen LogP contribution is 1.88. The van der Waals surface area contributed by atoms with Crippen molar-refractivity contribution in [3.8, 4) is 0 Å². The minimum atomic E-state index is 1.17. The Kier molecular flexibility index (Phi) is 38.2. The van der Waals surface area contributed by atoms with Crippen molar-refractivity contribution >= 4 is 0 Å². The maximum absolute atomic E-state index is 2.21. The van der Waals surface area contributed by atoms with E-state index in [0.717, 1.165) is 0 Å². The molecule has 0 heterocycles. The molecule has 10 heavy (non-hydrogen) atoms. The third kappa shape index (κ3) is 46.8. The lowest BCUT2D eigenvalue weighted by Gasteiger charge is -1.80. The lowest BCUT2D eigenvalue weighted by molar-refractivity contribution is 1.18. The van der Waals surface area contributed by atoms with Crippen LogP contribution in [0.1, 0.15) is 54.9 Å². The molecule has 0 bridgehead atoms. The Morgan fingerprint density at radius 1 is 1.00 bits per heavy atom. The summed E-state index contributed by atoms with van der Waals surface area (Å²) in [6.45, 7) is 14.4. The van der Waals surface area contributed by atoms with Crippen LogP contribution in [0.3, 0.4) is 0 Å². The van der Waals surface area contributed by atoms with E-state index in [1.54, 1.807) is 0 Å². The lowest BCUT2D eigenvalue weighted by atomic mass is 10.3. The summed E-state index contributed by atoms with van der Waals surface area (Å²) in [5.41, 5.74) is 1.41. The Morgan fingerprint density at radius 3 is 1.30 bits per heavy atom. The van der Waals surface area contributed by atoms with Gasteiger partial charge >= 0.3 is 0 Å². The molecule has 0 aliphatic heterocycles. The molecule has 0 unspecified atom stereocenters. The van der Waals surface area contributed by atoms with E-state index in [1.807, 2.05) is 27.7 Å². The smallest absolute Gasteiger partial charge is 0.0377 e. The van der Waals surface area contributed by atoms with Crippen molar-refractivity contribution in [1.29, 1.82) is 0 Å². The van der Waals surface area contributed by atoms with Gasteiger partial charge in [0, 0.05) is 0 Å². The molecule has 0 fully saturated rings. The first-order valence-electron chi connectivity index (χ1n) is 4.40. The van der Waals surface area contributed by atoms with Gasteiger partial charge in [0.1, 0.15) is 0 Å². The molecule has 64 valence electrons. The minimum Gasteiger partial charge on any atom is -0.0862 e. The summed E-state index contributed by atoms with van der Waals surface area (Å²) in [7, 11) is 0. The van der Waals surface area contributed by atoms with Gasteiger partial charge in [-0.05, 0) is 20.3 Å². The first-order valence-corrected chi connectivity index (χ1v) is 4.40. The summed E-state index contributed by atoms with van der Waals surface area (Å²) in [5, 5.41) is 0. The van der Waals surface area contributed by atoms with Gasteiger partial charge in [-0.3, -0.25) is 0 Å². The molecule has 0 atom stereocenters. The van der Waals surface area contributed by atoms with Crippen molar-refractivity contribution in [2.75, 3.05) is 0 Å². The average Bonchev–Trinajstić information content (AvgIpc) is 1.96. The minimum absolute atomic E-state index is 1.17. The standard InChI is InChI=1S/C6H12.2C2H6/c1-4-5-6(2)3;2*1-2/h5H,4H2,1-3H3;2*1-2H3. The van der Waals surface area contributed by atoms with E-state index in [-0.39, 0.29) is 0 Å². The predicted molar refractivity (Wildman–Crippen MR) is 52.4 cm³/mol. The van der Waals surface area contributed by atoms with E-state index in [9.17, 15) is 0 Å². The zero-order chi connectivity index (χ0) is 8.99. The topological polar surface area (TPSA) is 0 Å². The van der Waals surface area contributed by atoms with Crippen molar-refractivity contribution in [1.82, 2.24) is 0 Å². The molecular formula is C10H24. The monoisotopic (exact) mass is 144 g/mol. The van der Waals surface area contributed by atoms with Gasteiger partial charge in [-0.1, -0.05) is 46.3 Å². The molecule has 0 saturated carbocycles. The first kappa shape index (κ1) is 16.4. The fourth-order valence-corrected chi connectivity index (χ4v) is 0.408. The van der Waals surface area contributed by atoms with Crippen molar-refractivity contribution in [2.45, 2.75) is 54.9 Å². The number of allylic oxidation sites excluding steroid dienone is 2. The number of hydrogen-bond acceptors (Lipinski definition) is 0. The molecule has 0 nitrogen and oxygen atoms in total. The summed E-state index contributed by atoms with van der Waals surface area (Å²) in [6, 6.07) is 0. The molecule has 0 amide bonds. The molecule has 0 spiro atoms. The zero-order valence-electron chi connectivity index (χ0n) is 8.78. The maximum atomic E-state index is 2.21. The quantitative estimate of drug-likeness (QED) is 0.478. The van der Waals surface area contributed by atoms with E-state index >= 15 is 0 Å². The van der Waals surface area contributed by atoms with Crippen molar-refractivity contribution in [3.63, 3.8) is 0 Å². The highest BCUT2D eigenvalue weighted by Gasteiger charge is 1.67. The van der Waals surface area contributed by atoms with E-state index in [4.69, 9.17) is 0 Å². The third-order valence-electron chi connectivity index (χ3n) is 0.612. The second-order valence-electron chi connectivity index (χ2n) is 1.69. The summed E-state index contributed by atoms with van der Waals surface area (Å²) in [5.74, 6) is 0. The van der Waals surface area contributed by atoms with Crippen LogP contribution >= 0.6 is 0 Å². The van der Waals surface area contributed by atoms with Crippen molar-refractivity contribution < 1.29 is 0 Å². The van der Waals surface area contributed by atoms with Gasteiger partial charge < -0.3 is 0 Å². The first-order chi connectivity index (χ1) is 4.77. The Morgan fingerprint density at radius 2 is 1.30 bits per heavy atom. The van der Waals surface area contributed by atoms with Gasteiger partial charge in [-0.2, -0.15) is 0 Å². The van der Waals surface area contributed by atoms with Crippen LogP contribution < -0.4 is 0 Å². The average molecular weight is 144 g/mol. The summed E-state index contributed by atoms with van der Waals surface area (Å²) in [6.07, 6.45) is 3.38. The van der Waals surface area contributed by atoms with E-state index in [1.165, 1.54) is 12.0 Å². The molecule has 0 radical (unpaired) electrons. The van der Waals surface area contributed by atoms with Crippen LogP contribution in [0.15, 0.2) is 11.6 Å². The third-order valence-corrected chi connectivity index (χ3v) is 0.612. The van der Waals surface area contributed by atoms with E-state index < -0.39 is 0 Å². The van der Waals surface area contributed by atoms with Crippen LogP contribution in [0.4, 0.5) is 0 Å². The van der Waals surface area contributed by atoms with Crippen molar-refractivity contribution in [2.24, 2.45) is 0 Å². The van der Waals surface area contributed by atoms with E-state index in [0.29, 0.717) is 0 Å². The maximum Gasteiger partial charge on any atom is -0.0377 e. The molecular weight excluding hydrogens is 120 g/mol. The van der Waals surface area contributed by atoms with Crippen LogP contribution in [-0.4, -0.2) is 0 Å². The Bertz CT molecular complexity index is 47.1. The zero-order valence-corrected chi connectivity index (χ0v) is 8.78. The highest BCUT2D eigenvalue weighted by molar-refractivity contribution is 4.91. The lowest BCUT2D eigenvalue weighted by Crippen LogP contribution is -1.58. The molecule has 0 heteroatoms. The Labute approximate surface area is 67.3 Å². The van der Waals surface area contributed by atoms with Crippen LogP contribution in [0.2, 0.25) is 0 Å². The molecule has 0 aromatic heterocycles. The van der Waals surface area contributed by atoms with Gasteiger partial charge in [0.2, 0.25) is 0 Å². The summed E-state index contributed by atoms with van der Waals surface area (Å²) < 4.78 is 0. The van der Waals surface area contributed by atoms with Crippen LogP contribution in [0.25, 0.3) is 0 Å². The normalized spacial score (nSPS) is 5.90. The molecule has 0 N–H and O–H groups in total. The van der Waals surface area contributed by atoms with Crippen LogP contribution in [0.5, 0.6) is 0 Å². The fraction of sp³-hybridized carbons (Fsp3) is 0.800. The fourth-order valence-electron chi connectivity index (χ4n) is 0.408. The van der Waals surface area contributed by atoms with Gasteiger partial charge in [-0.25, -0.2) is 0 Å². The van der Waals surface area contributed by atoms with Gasteiger partial charge in [0.05, 0.1) is 0 Å². The molecule has 0 saturated heterocycles. The van der Waals surface area contributed by atoms with Gasteiger partial charge in [0.25, 0.3) is 0 Å². The highest BCUT2D eigenvalue weighted by atomic mass is 13.7. The Hall–Kier alpha value is -0.260. The van der Waals surface area contributed by atoms with Gasteiger partial charge in [0.15, 0.2) is 0 Å². The SMILES string of the molecule is CC.CC.CCC=C(C)C. The second kappa shape index (κ2) is 23.3. The number of hydrogen-bond donors (Lipinski definition) is 0. The number of rotatable bonds is 1. The molecule has 0 aliphatic rings. The van der Waals surface area contributed by atoms with E-state index in [2.05, 4.69) is 26.8 Å². The summed E-state index contributed by atoms with van der Waals surface area (Å²) >= 11 is 0. The molecule has 0 aliphatic carbocycles. The molecule has 0 rings (SSSR count). The van der Waals surface area contributed by atoms with Crippen molar-refractivity contribution in [3.05, 3.63) is 11.6 Å².